The van der Waals surface area contributed by atoms with Gasteiger partial charge in [-0.3, -0.25) is 4.79 Å². The Morgan fingerprint density at radius 1 is 1.21 bits per heavy atom. The van der Waals surface area contributed by atoms with E-state index in [2.05, 4.69) is 16.0 Å². The number of aromatic hydroxyl groups is 1. The second-order valence-corrected chi connectivity index (χ2v) is 6.96. The number of hydrogen-bond acceptors (Lipinski definition) is 4. The van der Waals surface area contributed by atoms with E-state index in [1.54, 1.807) is 18.2 Å². The van der Waals surface area contributed by atoms with Crippen molar-refractivity contribution in [1.82, 2.24) is 10.6 Å². The van der Waals surface area contributed by atoms with E-state index in [0.717, 1.165) is 11.1 Å². The van der Waals surface area contributed by atoms with Gasteiger partial charge in [-0.05, 0) is 62.8 Å². The van der Waals surface area contributed by atoms with E-state index in [1.165, 1.54) is 0 Å². The van der Waals surface area contributed by atoms with Gasteiger partial charge in [0.05, 0.1) is 18.2 Å². The van der Waals surface area contributed by atoms with Gasteiger partial charge in [0, 0.05) is 11.4 Å². The highest BCUT2D eigenvalue weighted by Crippen LogP contribution is 2.34. The van der Waals surface area contributed by atoms with Crippen molar-refractivity contribution in [3.8, 4) is 11.5 Å². The number of carbonyl (C=O) groups is 1. The van der Waals surface area contributed by atoms with Crippen LogP contribution in [-0.4, -0.2) is 22.7 Å². The second-order valence-electron chi connectivity index (χ2n) is 6.55. The molecule has 0 aliphatic carbocycles. The number of nitrogens with one attached hydrogen (secondary N) is 3. The smallest absolute Gasteiger partial charge is 0.255 e. The van der Waals surface area contributed by atoms with Crippen LogP contribution in [0.4, 0.5) is 5.69 Å². The van der Waals surface area contributed by atoms with Gasteiger partial charge in [0.25, 0.3) is 5.91 Å². The van der Waals surface area contributed by atoms with Crippen LogP contribution in [0, 0.1) is 6.92 Å². The zero-order valence-electron chi connectivity index (χ0n) is 16.0. The Bertz CT molecular complexity index is 938. The van der Waals surface area contributed by atoms with Crippen LogP contribution in [0.5, 0.6) is 11.5 Å². The van der Waals surface area contributed by atoms with Crippen LogP contribution >= 0.6 is 12.2 Å². The molecule has 1 heterocycles. The number of benzene rings is 2. The molecule has 0 spiro atoms. The Hall–Kier alpha value is -3.06. The first-order chi connectivity index (χ1) is 13.4. The molecule has 1 aliphatic heterocycles. The molecule has 146 valence electrons. The third kappa shape index (κ3) is 4.26. The molecular weight excluding hydrogens is 374 g/mol. The second kappa shape index (κ2) is 8.31. The Labute approximate surface area is 169 Å². The number of thiocarbonyl (C=S) groups is 1. The van der Waals surface area contributed by atoms with Gasteiger partial charge in [0.2, 0.25) is 0 Å². The third-order valence-electron chi connectivity index (χ3n) is 4.44. The van der Waals surface area contributed by atoms with E-state index < -0.39 is 6.04 Å². The standard InChI is InChI=1S/C21H23N3O3S/c1-4-27-17-11-14(7-10-16(17)25)19-18(13(3)22-21(28)24-19)20(26)23-15-8-5-12(2)6-9-15/h5-11,19,25H,4H2,1-3H3,(H,23,26)(H2,22,24,28). The summed E-state index contributed by atoms with van der Waals surface area (Å²) in [5.74, 6) is 0.176. The number of amides is 1. The van der Waals surface area contributed by atoms with Crippen LogP contribution in [0.15, 0.2) is 53.7 Å². The average molecular weight is 398 g/mol. The fourth-order valence-corrected chi connectivity index (χ4v) is 3.33. The lowest BCUT2D eigenvalue weighted by Gasteiger charge is -2.30. The Balaban J connectivity index is 1.95. The maximum Gasteiger partial charge on any atom is 0.255 e. The molecule has 0 radical (unpaired) electrons. The average Bonchev–Trinajstić information content (AvgIpc) is 2.65. The van der Waals surface area contributed by atoms with E-state index in [0.29, 0.717) is 34.4 Å². The molecule has 2 aromatic carbocycles. The lowest BCUT2D eigenvalue weighted by molar-refractivity contribution is -0.113. The van der Waals surface area contributed by atoms with Gasteiger partial charge in [-0.1, -0.05) is 23.8 Å². The molecule has 0 aromatic heterocycles. The van der Waals surface area contributed by atoms with Gasteiger partial charge in [-0.2, -0.15) is 0 Å². The lowest BCUT2D eigenvalue weighted by atomic mass is 9.94. The maximum absolute atomic E-state index is 13.1. The lowest BCUT2D eigenvalue weighted by Crippen LogP contribution is -2.45. The minimum Gasteiger partial charge on any atom is -0.504 e. The molecule has 0 saturated heterocycles. The molecule has 1 atom stereocenters. The van der Waals surface area contributed by atoms with Crippen LogP contribution in [0.1, 0.15) is 31.0 Å². The first-order valence-corrected chi connectivity index (χ1v) is 9.42. The number of phenols is 1. The Morgan fingerprint density at radius 2 is 1.93 bits per heavy atom. The van der Waals surface area contributed by atoms with Gasteiger partial charge in [-0.25, -0.2) is 0 Å². The Kier molecular flexibility index (Phi) is 5.84. The molecule has 4 N–H and O–H groups in total. The zero-order valence-corrected chi connectivity index (χ0v) is 16.8. The van der Waals surface area contributed by atoms with E-state index in [4.69, 9.17) is 17.0 Å². The number of phenolic OH excluding ortho intramolecular Hbond substituents is 1. The van der Waals surface area contributed by atoms with Crippen LogP contribution in [0.3, 0.4) is 0 Å². The Morgan fingerprint density at radius 3 is 2.61 bits per heavy atom. The minimum absolute atomic E-state index is 0.0495. The highest BCUT2D eigenvalue weighted by Gasteiger charge is 2.30. The summed E-state index contributed by atoms with van der Waals surface area (Å²) in [6.07, 6.45) is 0. The number of ether oxygens (including phenoxy) is 1. The number of anilines is 1. The molecule has 0 fully saturated rings. The number of allylic oxidation sites excluding steroid dienone is 1. The van der Waals surface area contributed by atoms with E-state index >= 15 is 0 Å². The third-order valence-corrected chi connectivity index (χ3v) is 4.66. The minimum atomic E-state index is -0.473. The van der Waals surface area contributed by atoms with Crippen molar-refractivity contribution >= 4 is 28.9 Å². The van der Waals surface area contributed by atoms with E-state index in [9.17, 15) is 9.90 Å². The number of carbonyl (C=O) groups excluding carboxylic acids is 1. The summed E-state index contributed by atoms with van der Waals surface area (Å²) in [5.41, 5.74) is 3.78. The van der Waals surface area contributed by atoms with Gasteiger partial charge in [0.15, 0.2) is 16.6 Å². The zero-order chi connectivity index (χ0) is 20.3. The van der Waals surface area contributed by atoms with Crippen molar-refractivity contribution in [2.45, 2.75) is 26.8 Å². The quantitative estimate of drug-likeness (QED) is 0.578. The first-order valence-electron chi connectivity index (χ1n) is 9.01. The fourth-order valence-electron chi connectivity index (χ4n) is 3.06. The largest absolute Gasteiger partial charge is 0.504 e. The summed E-state index contributed by atoms with van der Waals surface area (Å²) in [7, 11) is 0. The molecule has 1 unspecified atom stereocenters. The van der Waals surface area contributed by atoms with Gasteiger partial charge in [-0.15, -0.1) is 0 Å². The van der Waals surface area contributed by atoms with Crippen molar-refractivity contribution in [3.05, 3.63) is 64.9 Å². The SMILES string of the molecule is CCOc1cc(C2NC(=S)NC(C)=C2C(=O)Nc2ccc(C)cc2)ccc1O. The van der Waals surface area contributed by atoms with Crippen LogP contribution in [0.2, 0.25) is 0 Å². The monoisotopic (exact) mass is 397 g/mol. The van der Waals surface area contributed by atoms with Gasteiger partial charge < -0.3 is 25.8 Å². The molecule has 7 heteroatoms. The number of aryl methyl sites for hydroxylation is 1. The molecule has 3 rings (SSSR count). The molecule has 2 aromatic rings. The summed E-state index contributed by atoms with van der Waals surface area (Å²) in [5, 5.41) is 19.5. The summed E-state index contributed by atoms with van der Waals surface area (Å²) in [6, 6.07) is 12.1. The van der Waals surface area contributed by atoms with Crippen molar-refractivity contribution in [2.75, 3.05) is 11.9 Å². The van der Waals surface area contributed by atoms with Gasteiger partial charge >= 0.3 is 0 Å². The van der Waals surface area contributed by atoms with Crippen molar-refractivity contribution in [3.63, 3.8) is 0 Å². The molecular formula is C21H23N3O3S. The highest BCUT2D eigenvalue weighted by atomic mass is 32.1. The van der Waals surface area contributed by atoms with Crippen LogP contribution in [0.25, 0.3) is 0 Å². The number of rotatable bonds is 5. The van der Waals surface area contributed by atoms with Crippen molar-refractivity contribution in [1.29, 1.82) is 0 Å². The molecule has 1 aliphatic rings. The predicted octanol–water partition coefficient (Wildman–Crippen LogP) is 3.53. The predicted molar refractivity (Wildman–Crippen MR) is 113 cm³/mol. The van der Waals surface area contributed by atoms with Crippen molar-refractivity contribution in [2.24, 2.45) is 0 Å². The van der Waals surface area contributed by atoms with Gasteiger partial charge in [0.1, 0.15) is 0 Å². The van der Waals surface area contributed by atoms with E-state index in [-0.39, 0.29) is 11.7 Å². The molecule has 0 saturated carbocycles. The van der Waals surface area contributed by atoms with Crippen LogP contribution < -0.4 is 20.7 Å². The van der Waals surface area contributed by atoms with Crippen LogP contribution in [-0.2, 0) is 4.79 Å². The highest BCUT2D eigenvalue weighted by molar-refractivity contribution is 7.80. The van der Waals surface area contributed by atoms with Crippen molar-refractivity contribution < 1.29 is 14.6 Å². The van der Waals surface area contributed by atoms with E-state index in [1.807, 2.05) is 45.0 Å². The topological polar surface area (TPSA) is 82.6 Å². The summed E-state index contributed by atoms with van der Waals surface area (Å²) < 4.78 is 5.48. The maximum atomic E-state index is 13.1. The molecule has 0 bridgehead atoms. The molecule has 1 amide bonds. The molecule has 28 heavy (non-hydrogen) atoms. The normalized spacial score (nSPS) is 16.2. The first kappa shape index (κ1) is 19.7. The fraction of sp³-hybridized carbons (Fsp3) is 0.238. The summed E-state index contributed by atoms with van der Waals surface area (Å²) >= 11 is 5.28. The summed E-state index contributed by atoms with van der Waals surface area (Å²) in [6.45, 7) is 6.07. The molecule has 6 nitrogen and oxygen atoms in total. The number of hydrogen-bond donors (Lipinski definition) is 4. The summed E-state index contributed by atoms with van der Waals surface area (Å²) in [4.78, 5) is 13.1.